The van der Waals surface area contributed by atoms with Crippen LogP contribution < -0.4 is 10.6 Å². The standard InChI is InChI=1S/C28H28N2O5S/c1-16-8-6-9-17(2)26(16)30-21-15-14-20(29-18-10-4-3-5-11-18)24-25(21)28(32)23-19(27(24)31)12-7-13-22(23)36(33,34)35/h6-9,12-15,18,29-30H,3-5,10-11H2,1-2H3,(H,33,34,35). The molecule has 0 aromatic heterocycles. The lowest BCUT2D eigenvalue weighted by atomic mass is 9.81. The smallest absolute Gasteiger partial charge is 0.295 e. The van der Waals surface area contributed by atoms with Crippen LogP contribution in [0.25, 0.3) is 0 Å². The molecule has 0 saturated heterocycles. The molecule has 0 unspecified atom stereocenters. The van der Waals surface area contributed by atoms with E-state index in [-0.39, 0.29) is 28.3 Å². The summed E-state index contributed by atoms with van der Waals surface area (Å²) in [7, 11) is -4.73. The summed E-state index contributed by atoms with van der Waals surface area (Å²) in [6.45, 7) is 3.89. The third kappa shape index (κ3) is 4.20. The highest BCUT2D eigenvalue weighted by atomic mass is 32.2. The van der Waals surface area contributed by atoms with Gasteiger partial charge in [-0.2, -0.15) is 8.42 Å². The van der Waals surface area contributed by atoms with Crippen LogP contribution in [0.5, 0.6) is 0 Å². The van der Waals surface area contributed by atoms with Gasteiger partial charge in [-0.05, 0) is 56.0 Å². The van der Waals surface area contributed by atoms with Gasteiger partial charge in [-0.25, -0.2) is 0 Å². The summed E-state index contributed by atoms with van der Waals surface area (Å²) < 4.78 is 34.1. The minimum absolute atomic E-state index is 0.0291. The number of anilines is 3. The zero-order valence-corrected chi connectivity index (χ0v) is 21.0. The van der Waals surface area contributed by atoms with Gasteiger partial charge in [0.15, 0.2) is 11.6 Å². The summed E-state index contributed by atoms with van der Waals surface area (Å²) in [5.41, 5.74) is 3.70. The summed E-state index contributed by atoms with van der Waals surface area (Å²) in [6, 6.07) is 13.5. The highest BCUT2D eigenvalue weighted by Gasteiger charge is 2.38. The van der Waals surface area contributed by atoms with E-state index in [0.717, 1.165) is 48.6 Å². The van der Waals surface area contributed by atoms with E-state index in [1.54, 1.807) is 6.07 Å². The Bertz CT molecular complexity index is 1480. The molecule has 186 valence electrons. The van der Waals surface area contributed by atoms with Gasteiger partial charge in [0, 0.05) is 23.0 Å². The summed E-state index contributed by atoms with van der Waals surface area (Å²) in [6.07, 6.45) is 5.32. The second kappa shape index (κ2) is 9.19. The molecule has 0 amide bonds. The molecule has 0 atom stereocenters. The quantitative estimate of drug-likeness (QED) is 0.294. The van der Waals surface area contributed by atoms with Crippen LogP contribution in [0.2, 0.25) is 0 Å². The first-order valence-corrected chi connectivity index (χ1v) is 13.6. The van der Waals surface area contributed by atoms with Crippen molar-refractivity contribution in [1.29, 1.82) is 0 Å². The largest absolute Gasteiger partial charge is 0.382 e. The Morgan fingerprint density at radius 2 is 1.39 bits per heavy atom. The Hall–Kier alpha value is -3.49. The highest BCUT2D eigenvalue weighted by Crippen LogP contribution is 2.40. The Kier molecular flexibility index (Phi) is 6.18. The fourth-order valence-electron chi connectivity index (χ4n) is 5.34. The van der Waals surface area contributed by atoms with Crippen LogP contribution in [0.4, 0.5) is 17.1 Å². The molecule has 8 heteroatoms. The number of hydrogen-bond donors (Lipinski definition) is 3. The lowest BCUT2D eigenvalue weighted by Gasteiger charge is -2.29. The molecule has 7 nitrogen and oxygen atoms in total. The number of carbonyl (C=O) groups excluding carboxylic acids is 2. The molecule has 3 N–H and O–H groups in total. The van der Waals surface area contributed by atoms with Crippen LogP contribution in [0.1, 0.15) is 75.1 Å². The molecule has 0 heterocycles. The number of para-hydroxylation sites is 1. The lowest BCUT2D eigenvalue weighted by Crippen LogP contribution is -2.28. The van der Waals surface area contributed by atoms with Crippen molar-refractivity contribution in [3.8, 4) is 0 Å². The second-order valence-electron chi connectivity index (χ2n) is 9.59. The Labute approximate surface area is 210 Å². The number of nitrogens with one attached hydrogen (secondary N) is 2. The van der Waals surface area contributed by atoms with Gasteiger partial charge in [0.25, 0.3) is 10.1 Å². The molecule has 3 aromatic carbocycles. The SMILES string of the molecule is Cc1cccc(C)c1Nc1ccc(NC2CCCCC2)c2c1C(=O)c1c(cccc1S(=O)(=O)O)C2=O. The molecule has 5 rings (SSSR count). The van der Waals surface area contributed by atoms with Crippen molar-refractivity contribution in [3.63, 3.8) is 0 Å². The number of fused-ring (bicyclic) bond motifs is 2. The van der Waals surface area contributed by atoms with Crippen molar-refractivity contribution in [2.75, 3.05) is 10.6 Å². The number of aryl methyl sites for hydroxylation is 2. The molecular weight excluding hydrogens is 476 g/mol. The monoisotopic (exact) mass is 504 g/mol. The molecular formula is C28H28N2O5S. The van der Waals surface area contributed by atoms with Crippen molar-refractivity contribution in [3.05, 3.63) is 81.9 Å². The van der Waals surface area contributed by atoms with Gasteiger partial charge in [0.1, 0.15) is 4.90 Å². The minimum Gasteiger partial charge on any atom is -0.382 e. The van der Waals surface area contributed by atoms with Crippen molar-refractivity contribution in [2.24, 2.45) is 0 Å². The van der Waals surface area contributed by atoms with Gasteiger partial charge in [0.05, 0.1) is 22.4 Å². The van der Waals surface area contributed by atoms with E-state index in [2.05, 4.69) is 10.6 Å². The van der Waals surface area contributed by atoms with Crippen LogP contribution in [-0.4, -0.2) is 30.6 Å². The lowest BCUT2D eigenvalue weighted by molar-refractivity contribution is 0.0977. The van der Waals surface area contributed by atoms with Gasteiger partial charge in [-0.15, -0.1) is 0 Å². The van der Waals surface area contributed by atoms with Gasteiger partial charge < -0.3 is 10.6 Å². The van der Waals surface area contributed by atoms with Gasteiger partial charge in [-0.3, -0.25) is 14.1 Å². The molecule has 0 radical (unpaired) electrons. The Balaban J connectivity index is 1.72. The zero-order chi connectivity index (χ0) is 25.6. The average molecular weight is 505 g/mol. The van der Waals surface area contributed by atoms with E-state index in [1.165, 1.54) is 18.6 Å². The maximum absolute atomic E-state index is 14.0. The number of benzene rings is 3. The summed E-state index contributed by atoms with van der Waals surface area (Å²) in [5.74, 6) is -1.07. The third-order valence-electron chi connectivity index (χ3n) is 7.14. The van der Waals surface area contributed by atoms with E-state index < -0.39 is 26.6 Å². The zero-order valence-electron chi connectivity index (χ0n) is 20.2. The van der Waals surface area contributed by atoms with Crippen molar-refractivity contribution < 1.29 is 22.6 Å². The third-order valence-corrected chi connectivity index (χ3v) is 8.04. The molecule has 0 spiro atoms. The van der Waals surface area contributed by atoms with E-state index >= 15 is 0 Å². The first-order chi connectivity index (χ1) is 17.2. The second-order valence-corrected chi connectivity index (χ2v) is 11.0. The van der Waals surface area contributed by atoms with E-state index in [0.29, 0.717) is 11.4 Å². The van der Waals surface area contributed by atoms with Gasteiger partial charge >= 0.3 is 0 Å². The molecule has 0 aliphatic heterocycles. The van der Waals surface area contributed by atoms with E-state index in [1.807, 2.05) is 38.1 Å². The predicted molar refractivity (Wildman–Crippen MR) is 139 cm³/mol. The number of hydrogen-bond acceptors (Lipinski definition) is 6. The normalized spacial score (nSPS) is 15.9. The maximum Gasteiger partial charge on any atom is 0.295 e. The van der Waals surface area contributed by atoms with Gasteiger partial charge in [0.2, 0.25) is 0 Å². The summed E-state index contributed by atoms with van der Waals surface area (Å²) >= 11 is 0. The van der Waals surface area contributed by atoms with Gasteiger partial charge in [-0.1, -0.05) is 49.6 Å². The maximum atomic E-state index is 14.0. The molecule has 1 fully saturated rings. The van der Waals surface area contributed by atoms with E-state index in [4.69, 9.17) is 0 Å². The summed E-state index contributed by atoms with van der Waals surface area (Å²) in [4.78, 5) is 27.2. The van der Waals surface area contributed by atoms with Crippen LogP contribution in [0.15, 0.2) is 53.4 Å². The molecule has 1 saturated carbocycles. The Morgan fingerprint density at radius 3 is 2.06 bits per heavy atom. The number of carbonyl (C=O) groups is 2. The summed E-state index contributed by atoms with van der Waals surface area (Å²) in [5, 5.41) is 6.81. The van der Waals surface area contributed by atoms with Crippen LogP contribution in [0, 0.1) is 13.8 Å². The topological polar surface area (TPSA) is 113 Å². The van der Waals surface area contributed by atoms with Crippen molar-refractivity contribution >= 4 is 38.7 Å². The first-order valence-electron chi connectivity index (χ1n) is 12.1. The minimum atomic E-state index is -4.73. The van der Waals surface area contributed by atoms with E-state index in [9.17, 15) is 22.6 Å². The van der Waals surface area contributed by atoms with Crippen LogP contribution >= 0.6 is 0 Å². The van der Waals surface area contributed by atoms with Crippen molar-refractivity contribution in [2.45, 2.75) is 56.9 Å². The van der Waals surface area contributed by atoms with Crippen LogP contribution in [0.3, 0.4) is 0 Å². The fraction of sp³-hybridized carbons (Fsp3) is 0.286. The average Bonchev–Trinajstić information content (AvgIpc) is 2.85. The number of rotatable bonds is 5. The highest BCUT2D eigenvalue weighted by molar-refractivity contribution is 7.86. The molecule has 3 aromatic rings. The van der Waals surface area contributed by atoms with Crippen molar-refractivity contribution in [1.82, 2.24) is 0 Å². The predicted octanol–water partition coefficient (Wildman–Crippen LogP) is 5.81. The molecule has 0 bridgehead atoms. The number of ketones is 2. The molecule has 2 aliphatic rings. The molecule has 2 aliphatic carbocycles. The fourth-order valence-corrected chi connectivity index (χ4v) is 6.05. The Morgan fingerprint density at radius 1 is 0.778 bits per heavy atom. The molecule has 36 heavy (non-hydrogen) atoms. The van der Waals surface area contributed by atoms with Crippen LogP contribution in [-0.2, 0) is 10.1 Å². The first kappa shape index (κ1) is 24.2.